The number of aryl methyl sites for hydroxylation is 1. The van der Waals surface area contributed by atoms with Crippen molar-refractivity contribution in [2.24, 2.45) is 0 Å². The van der Waals surface area contributed by atoms with Crippen LogP contribution in [0.1, 0.15) is 67.5 Å². The van der Waals surface area contributed by atoms with Crippen LogP contribution in [0.25, 0.3) is 0 Å². The molecule has 0 bridgehead atoms. The number of benzene rings is 1. The number of nitrogens with one attached hydrogen (secondary N) is 1. The normalized spacial score (nSPS) is 21.7. The highest BCUT2D eigenvalue weighted by atomic mass is 16.3. The van der Waals surface area contributed by atoms with Crippen molar-refractivity contribution in [2.75, 3.05) is 37.6 Å². The second-order valence-corrected chi connectivity index (χ2v) is 9.49. The quantitative estimate of drug-likeness (QED) is 0.723. The summed E-state index contributed by atoms with van der Waals surface area (Å²) in [6.07, 6.45) is 1.74. The maximum atomic E-state index is 13.5. The molecular formula is C25H35N5O2. The fourth-order valence-corrected chi connectivity index (χ4v) is 4.81. The first kappa shape index (κ1) is 22.7. The van der Waals surface area contributed by atoms with Gasteiger partial charge < -0.3 is 20.2 Å². The zero-order chi connectivity index (χ0) is 22.8. The molecule has 1 amide bonds. The maximum Gasteiger partial charge on any atom is 0.231 e. The van der Waals surface area contributed by atoms with Crippen LogP contribution >= 0.6 is 0 Å². The molecule has 2 heterocycles. The second kappa shape index (κ2) is 9.55. The SMILES string of the molecule is Cc1ccc(C(CNC(C)C)C(=O)N2CCN(c3ncnc4c3[C@H](C)CC4O)CC2)cc1. The van der Waals surface area contributed by atoms with Crippen LogP contribution in [0.15, 0.2) is 30.6 Å². The maximum absolute atomic E-state index is 13.5. The minimum Gasteiger partial charge on any atom is -0.387 e. The standard InChI is InChI=1S/C25H35N5O2/c1-16(2)26-14-20(19-7-5-17(3)6-8-19)25(32)30-11-9-29(10-12-30)24-22-18(4)13-21(31)23(22)27-15-28-24/h5-8,15-16,18,20-21,26,31H,9-14H2,1-4H3/t18-,20?,21?/m1/s1. The fourth-order valence-electron chi connectivity index (χ4n) is 4.81. The van der Waals surface area contributed by atoms with E-state index < -0.39 is 6.10 Å². The van der Waals surface area contributed by atoms with Gasteiger partial charge in [0, 0.05) is 44.3 Å². The Morgan fingerprint density at radius 2 is 1.84 bits per heavy atom. The Morgan fingerprint density at radius 1 is 1.16 bits per heavy atom. The summed E-state index contributed by atoms with van der Waals surface area (Å²) < 4.78 is 0. The lowest BCUT2D eigenvalue weighted by Crippen LogP contribution is -2.51. The van der Waals surface area contributed by atoms with Crippen LogP contribution in [-0.4, -0.2) is 64.6 Å². The third-order valence-electron chi connectivity index (χ3n) is 6.68. The average molecular weight is 438 g/mol. The van der Waals surface area contributed by atoms with Gasteiger partial charge in [-0.05, 0) is 24.8 Å². The van der Waals surface area contributed by atoms with E-state index in [4.69, 9.17) is 0 Å². The predicted octanol–water partition coefficient (Wildman–Crippen LogP) is 2.76. The number of nitrogens with zero attached hydrogens (tertiary/aromatic N) is 4. The summed E-state index contributed by atoms with van der Waals surface area (Å²) in [5, 5.41) is 13.7. The zero-order valence-corrected chi connectivity index (χ0v) is 19.6. The summed E-state index contributed by atoms with van der Waals surface area (Å²) >= 11 is 0. The summed E-state index contributed by atoms with van der Waals surface area (Å²) in [5.41, 5.74) is 4.09. The van der Waals surface area contributed by atoms with Crippen molar-refractivity contribution in [2.45, 2.75) is 58.1 Å². The predicted molar refractivity (Wildman–Crippen MR) is 126 cm³/mol. The zero-order valence-electron chi connectivity index (χ0n) is 19.6. The number of fused-ring (bicyclic) bond motifs is 1. The van der Waals surface area contributed by atoms with Gasteiger partial charge in [-0.15, -0.1) is 0 Å². The first-order chi connectivity index (χ1) is 15.3. The molecule has 7 heteroatoms. The molecule has 2 aliphatic rings. The number of aliphatic hydroxyl groups is 1. The molecule has 3 atom stereocenters. The Labute approximate surface area is 190 Å². The highest BCUT2D eigenvalue weighted by Crippen LogP contribution is 2.42. The molecule has 1 fully saturated rings. The third kappa shape index (κ3) is 4.64. The summed E-state index contributed by atoms with van der Waals surface area (Å²) in [7, 11) is 0. The monoisotopic (exact) mass is 437 g/mol. The van der Waals surface area contributed by atoms with Crippen molar-refractivity contribution in [3.05, 3.63) is 53.0 Å². The Hall–Kier alpha value is -2.51. The van der Waals surface area contributed by atoms with Crippen LogP contribution in [0.4, 0.5) is 5.82 Å². The van der Waals surface area contributed by atoms with Crippen molar-refractivity contribution < 1.29 is 9.90 Å². The highest BCUT2D eigenvalue weighted by molar-refractivity contribution is 5.84. The summed E-state index contributed by atoms with van der Waals surface area (Å²) in [6, 6.07) is 8.63. The minimum absolute atomic E-state index is 0.179. The van der Waals surface area contributed by atoms with Gasteiger partial charge in [0.15, 0.2) is 0 Å². The average Bonchev–Trinajstić information content (AvgIpc) is 3.08. The second-order valence-electron chi connectivity index (χ2n) is 9.49. The molecule has 0 saturated carbocycles. The number of hydrogen-bond acceptors (Lipinski definition) is 6. The van der Waals surface area contributed by atoms with E-state index in [1.807, 2.05) is 4.90 Å². The van der Waals surface area contributed by atoms with E-state index in [0.29, 0.717) is 32.1 Å². The molecule has 1 aromatic heterocycles. The molecule has 32 heavy (non-hydrogen) atoms. The Balaban J connectivity index is 1.47. The molecule has 172 valence electrons. The number of carbonyl (C=O) groups excluding carboxylic acids is 1. The van der Waals surface area contributed by atoms with Crippen molar-refractivity contribution in [3.8, 4) is 0 Å². The van der Waals surface area contributed by atoms with E-state index in [1.54, 1.807) is 6.33 Å². The number of amides is 1. The number of piperazine rings is 1. The summed E-state index contributed by atoms with van der Waals surface area (Å²) in [4.78, 5) is 26.6. The Morgan fingerprint density at radius 3 is 2.50 bits per heavy atom. The number of aliphatic hydroxyl groups excluding tert-OH is 1. The van der Waals surface area contributed by atoms with E-state index in [0.717, 1.165) is 35.7 Å². The lowest BCUT2D eigenvalue weighted by atomic mass is 9.95. The topological polar surface area (TPSA) is 81.6 Å². The van der Waals surface area contributed by atoms with E-state index in [9.17, 15) is 9.90 Å². The molecule has 2 aromatic rings. The molecule has 0 radical (unpaired) electrons. The van der Waals surface area contributed by atoms with Gasteiger partial charge >= 0.3 is 0 Å². The van der Waals surface area contributed by atoms with Crippen LogP contribution in [0.3, 0.4) is 0 Å². The lowest BCUT2D eigenvalue weighted by Gasteiger charge is -2.38. The van der Waals surface area contributed by atoms with Crippen LogP contribution in [0.2, 0.25) is 0 Å². The largest absolute Gasteiger partial charge is 0.387 e. The number of rotatable bonds is 6. The Bertz CT molecular complexity index is 938. The lowest BCUT2D eigenvalue weighted by molar-refractivity contribution is -0.133. The molecule has 2 unspecified atom stereocenters. The number of hydrogen-bond donors (Lipinski definition) is 2. The smallest absolute Gasteiger partial charge is 0.231 e. The number of aromatic nitrogens is 2. The molecule has 1 saturated heterocycles. The van der Waals surface area contributed by atoms with Gasteiger partial charge in [-0.3, -0.25) is 4.79 Å². The molecule has 4 rings (SSSR count). The van der Waals surface area contributed by atoms with Crippen LogP contribution < -0.4 is 10.2 Å². The van der Waals surface area contributed by atoms with Crippen molar-refractivity contribution >= 4 is 11.7 Å². The van der Waals surface area contributed by atoms with Gasteiger partial charge in [0.1, 0.15) is 12.1 Å². The van der Waals surface area contributed by atoms with Crippen LogP contribution in [0.5, 0.6) is 0 Å². The molecule has 1 aliphatic carbocycles. The summed E-state index contributed by atoms with van der Waals surface area (Å²) in [5.74, 6) is 1.15. The van der Waals surface area contributed by atoms with Crippen molar-refractivity contribution in [1.29, 1.82) is 0 Å². The molecule has 2 N–H and O–H groups in total. The first-order valence-electron chi connectivity index (χ1n) is 11.7. The summed E-state index contributed by atoms with van der Waals surface area (Å²) in [6.45, 7) is 11.8. The first-order valence-corrected chi connectivity index (χ1v) is 11.7. The van der Waals surface area contributed by atoms with E-state index in [1.165, 1.54) is 5.56 Å². The van der Waals surface area contributed by atoms with E-state index in [-0.39, 0.29) is 17.7 Å². The highest BCUT2D eigenvalue weighted by Gasteiger charge is 2.35. The molecule has 1 aromatic carbocycles. The third-order valence-corrected chi connectivity index (χ3v) is 6.68. The fraction of sp³-hybridized carbons (Fsp3) is 0.560. The minimum atomic E-state index is -0.506. The van der Waals surface area contributed by atoms with Gasteiger partial charge in [-0.2, -0.15) is 0 Å². The van der Waals surface area contributed by atoms with Gasteiger partial charge in [-0.1, -0.05) is 50.6 Å². The Kier molecular flexibility index (Phi) is 6.76. The number of carbonyl (C=O) groups is 1. The van der Waals surface area contributed by atoms with Crippen molar-refractivity contribution in [1.82, 2.24) is 20.2 Å². The van der Waals surface area contributed by atoms with Gasteiger partial charge in [0.05, 0.1) is 17.7 Å². The van der Waals surface area contributed by atoms with Crippen LogP contribution in [-0.2, 0) is 4.79 Å². The molecule has 0 spiro atoms. The van der Waals surface area contributed by atoms with Gasteiger partial charge in [0.25, 0.3) is 0 Å². The van der Waals surface area contributed by atoms with E-state index in [2.05, 4.69) is 72.1 Å². The van der Waals surface area contributed by atoms with Crippen molar-refractivity contribution in [3.63, 3.8) is 0 Å². The number of anilines is 1. The molecule has 7 nitrogen and oxygen atoms in total. The van der Waals surface area contributed by atoms with Gasteiger partial charge in [-0.25, -0.2) is 9.97 Å². The van der Waals surface area contributed by atoms with Crippen LogP contribution in [0, 0.1) is 6.92 Å². The molecule has 1 aliphatic heterocycles. The van der Waals surface area contributed by atoms with Gasteiger partial charge in [0.2, 0.25) is 5.91 Å². The molecular weight excluding hydrogens is 402 g/mol. The van der Waals surface area contributed by atoms with E-state index >= 15 is 0 Å².